The summed E-state index contributed by atoms with van der Waals surface area (Å²) in [6.07, 6.45) is 5.14. The first-order valence-electron chi connectivity index (χ1n) is 9.07. The molecule has 1 fully saturated rings. The van der Waals surface area contributed by atoms with Crippen molar-refractivity contribution < 1.29 is 0 Å². The average molecular weight is 326 g/mol. The number of aromatic nitrogens is 2. The van der Waals surface area contributed by atoms with Gasteiger partial charge >= 0.3 is 0 Å². The largest absolute Gasteiger partial charge is 0.337 e. The van der Waals surface area contributed by atoms with Gasteiger partial charge in [0, 0.05) is 46.0 Å². The molecule has 1 aliphatic rings. The summed E-state index contributed by atoms with van der Waals surface area (Å²) >= 11 is 0. The van der Waals surface area contributed by atoms with Crippen LogP contribution < -0.4 is 5.32 Å². The van der Waals surface area contributed by atoms with Gasteiger partial charge in [-0.2, -0.15) is 0 Å². The van der Waals surface area contributed by atoms with Gasteiger partial charge in [0.15, 0.2) is 0 Å². The van der Waals surface area contributed by atoms with Gasteiger partial charge in [0.05, 0.1) is 12.0 Å². The maximum atomic E-state index is 4.17. The molecule has 2 atom stereocenters. The number of likely N-dealkylation sites (tertiary alicyclic amines) is 1. The highest BCUT2D eigenvalue weighted by molar-refractivity contribution is 5.27. The fourth-order valence-electron chi connectivity index (χ4n) is 3.93. The standard InChI is InChI=1S/C20H30N4/c1-16-8-17(2)13-24(12-16)14-19-7-5-4-6-18(19)9-21-10-20-11-22-15-23(20)3/h4-7,11,15-17,21H,8-10,12-14H2,1-3H3/t16-,17-/m0/s1. The highest BCUT2D eigenvalue weighted by Gasteiger charge is 2.22. The van der Waals surface area contributed by atoms with Crippen LogP contribution in [0.5, 0.6) is 0 Å². The zero-order chi connectivity index (χ0) is 16.9. The van der Waals surface area contributed by atoms with Crippen LogP contribution in [0.15, 0.2) is 36.8 Å². The van der Waals surface area contributed by atoms with E-state index in [1.807, 2.05) is 19.6 Å². The van der Waals surface area contributed by atoms with Crippen molar-refractivity contribution in [1.82, 2.24) is 19.8 Å². The molecule has 1 aromatic heterocycles. The molecular formula is C20H30N4. The quantitative estimate of drug-likeness (QED) is 0.885. The van der Waals surface area contributed by atoms with Crippen molar-refractivity contribution in [3.63, 3.8) is 0 Å². The molecule has 3 rings (SSSR count). The molecule has 1 saturated heterocycles. The second-order valence-corrected chi connectivity index (χ2v) is 7.51. The van der Waals surface area contributed by atoms with E-state index in [9.17, 15) is 0 Å². The van der Waals surface area contributed by atoms with E-state index in [1.54, 1.807) is 0 Å². The normalized spacial score (nSPS) is 22.0. The molecule has 24 heavy (non-hydrogen) atoms. The lowest BCUT2D eigenvalue weighted by atomic mass is 9.91. The molecule has 0 unspecified atom stereocenters. The molecule has 4 heteroatoms. The van der Waals surface area contributed by atoms with Gasteiger partial charge in [-0.25, -0.2) is 4.98 Å². The fourth-order valence-corrected chi connectivity index (χ4v) is 3.93. The molecular weight excluding hydrogens is 296 g/mol. The Bertz CT molecular complexity index is 639. The van der Waals surface area contributed by atoms with Crippen LogP contribution in [-0.4, -0.2) is 27.5 Å². The van der Waals surface area contributed by atoms with E-state index >= 15 is 0 Å². The van der Waals surface area contributed by atoms with Crippen molar-refractivity contribution in [2.24, 2.45) is 18.9 Å². The molecule has 1 N–H and O–H groups in total. The van der Waals surface area contributed by atoms with Gasteiger partial charge in [-0.1, -0.05) is 38.1 Å². The Morgan fingerprint density at radius 2 is 1.79 bits per heavy atom. The third-order valence-corrected chi connectivity index (χ3v) is 4.99. The number of nitrogens with zero attached hydrogens (tertiary/aromatic N) is 3. The summed E-state index contributed by atoms with van der Waals surface area (Å²) < 4.78 is 2.06. The first kappa shape index (κ1) is 17.2. The molecule has 1 aromatic carbocycles. The Balaban J connectivity index is 1.59. The van der Waals surface area contributed by atoms with Crippen LogP contribution in [0.2, 0.25) is 0 Å². The third-order valence-electron chi connectivity index (χ3n) is 4.99. The van der Waals surface area contributed by atoms with Crippen molar-refractivity contribution >= 4 is 0 Å². The Hall–Kier alpha value is -1.65. The molecule has 1 aliphatic heterocycles. The number of hydrogen-bond donors (Lipinski definition) is 1. The summed E-state index contributed by atoms with van der Waals surface area (Å²) in [6, 6.07) is 8.84. The molecule has 0 amide bonds. The number of piperidine rings is 1. The van der Waals surface area contributed by atoms with Crippen molar-refractivity contribution in [3.05, 3.63) is 53.6 Å². The molecule has 2 aromatic rings. The Morgan fingerprint density at radius 3 is 2.46 bits per heavy atom. The summed E-state index contributed by atoms with van der Waals surface area (Å²) in [5, 5.41) is 3.56. The summed E-state index contributed by atoms with van der Waals surface area (Å²) in [4.78, 5) is 6.80. The number of benzene rings is 1. The summed E-state index contributed by atoms with van der Waals surface area (Å²) in [5.74, 6) is 1.62. The van der Waals surface area contributed by atoms with Crippen LogP contribution in [0.25, 0.3) is 0 Å². The van der Waals surface area contributed by atoms with Crippen molar-refractivity contribution in [1.29, 1.82) is 0 Å². The van der Waals surface area contributed by atoms with Crippen LogP contribution in [0.1, 0.15) is 37.1 Å². The zero-order valence-electron chi connectivity index (χ0n) is 15.2. The van der Waals surface area contributed by atoms with Gasteiger partial charge in [-0.05, 0) is 29.4 Å². The smallest absolute Gasteiger partial charge is 0.0945 e. The number of rotatable bonds is 6. The first-order chi connectivity index (χ1) is 11.6. The molecule has 2 heterocycles. The molecule has 0 saturated carbocycles. The third kappa shape index (κ3) is 4.46. The number of aryl methyl sites for hydroxylation is 1. The number of imidazole rings is 1. The number of hydrogen-bond acceptors (Lipinski definition) is 3. The predicted molar refractivity (Wildman–Crippen MR) is 98.4 cm³/mol. The van der Waals surface area contributed by atoms with E-state index in [4.69, 9.17) is 0 Å². The van der Waals surface area contributed by atoms with E-state index < -0.39 is 0 Å². The summed E-state index contributed by atoms with van der Waals surface area (Å²) in [6.45, 7) is 10.0. The van der Waals surface area contributed by atoms with Gasteiger partial charge in [0.1, 0.15) is 0 Å². The van der Waals surface area contributed by atoms with Crippen LogP contribution in [0.4, 0.5) is 0 Å². The maximum Gasteiger partial charge on any atom is 0.0945 e. The van der Waals surface area contributed by atoms with Gasteiger partial charge < -0.3 is 9.88 Å². The Kier molecular flexibility index (Phi) is 5.69. The van der Waals surface area contributed by atoms with E-state index in [2.05, 4.69) is 57.9 Å². The SMILES string of the molecule is C[C@H]1C[C@H](C)CN(Cc2ccccc2CNCc2cncn2C)C1. The predicted octanol–water partition coefficient (Wildman–Crippen LogP) is 3.19. The van der Waals surface area contributed by atoms with E-state index in [0.717, 1.165) is 31.5 Å². The molecule has 0 radical (unpaired) electrons. The lowest BCUT2D eigenvalue weighted by Gasteiger charge is -2.35. The fraction of sp³-hybridized carbons (Fsp3) is 0.550. The van der Waals surface area contributed by atoms with Crippen LogP contribution in [-0.2, 0) is 26.7 Å². The summed E-state index contributed by atoms with van der Waals surface area (Å²) in [7, 11) is 2.04. The van der Waals surface area contributed by atoms with Gasteiger partial charge in [-0.3, -0.25) is 4.90 Å². The highest BCUT2D eigenvalue weighted by Crippen LogP contribution is 2.23. The molecule has 4 nitrogen and oxygen atoms in total. The van der Waals surface area contributed by atoms with Crippen LogP contribution >= 0.6 is 0 Å². The average Bonchev–Trinajstić information content (AvgIpc) is 2.93. The lowest BCUT2D eigenvalue weighted by Crippen LogP contribution is -2.38. The van der Waals surface area contributed by atoms with Gasteiger partial charge in [0.25, 0.3) is 0 Å². The van der Waals surface area contributed by atoms with E-state index in [-0.39, 0.29) is 0 Å². The Labute approximate surface area is 145 Å². The molecule has 0 bridgehead atoms. The minimum Gasteiger partial charge on any atom is -0.337 e. The van der Waals surface area contributed by atoms with Crippen molar-refractivity contribution in [3.8, 4) is 0 Å². The topological polar surface area (TPSA) is 33.1 Å². The van der Waals surface area contributed by atoms with E-state index in [1.165, 1.54) is 36.3 Å². The second-order valence-electron chi connectivity index (χ2n) is 7.51. The van der Waals surface area contributed by atoms with Crippen LogP contribution in [0, 0.1) is 11.8 Å². The molecule has 130 valence electrons. The minimum absolute atomic E-state index is 0.809. The number of nitrogens with one attached hydrogen (secondary N) is 1. The van der Waals surface area contributed by atoms with E-state index in [0.29, 0.717) is 0 Å². The van der Waals surface area contributed by atoms with Gasteiger partial charge in [-0.15, -0.1) is 0 Å². The first-order valence-corrected chi connectivity index (χ1v) is 9.07. The maximum absolute atomic E-state index is 4.17. The highest BCUT2D eigenvalue weighted by atomic mass is 15.1. The van der Waals surface area contributed by atoms with Crippen LogP contribution in [0.3, 0.4) is 0 Å². The zero-order valence-corrected chi connectivity index (χ0v) is 15.2. The summed E-state index contributed by atoms with van der Waals surface area (Å²) in [5.41, 5.74) is 4.08. The second kappa shape index (κ2) is 7.95. The molecule has 0 spiro atoms. The van der Waals surface area contributed by atoms with Crippen molar-refractivity contribution in [2.75, 3.05) is 13.1 Å². The van der Waals surface area contributed by atoms with Gasteiger partial charge in [0.2, 0.25) is 0 Å². The monoisotopic (exact) mass is 326 g/mol. The Morgan fingerprint density at radius 1 is 1.08 bits per heavy atom. The van der Waals surface area contributed by atoms with Crippen molar-refractivity contribution in [2.45, 2.75) is 39.9 Å². The lowest BCUT2D eigenvalue weighted by molar-refractivity contribution is 0.134. The molecule has 0 aliphatic carbocycles. The minimum atomic E-state index is 0.809.